The van der Waals surface area contributed by atoms with E-state index in [0.29, 0.717) is 5.75 Å². The van der Waals surface area contributed by atoms with Gasteiger partial charge >= 0.3 is 0 Å². The highest BCUT2D eigenvalue weighted by atomic mass is 16.7. The maximum atomic E-state index is 5.59. The molecule has 1 fully saturated rings. The van der Waals surface area contributed by atoms with Crippen molar-refractivity contribution in [2.45, 2.75) is 19.5 Å². The quantitative estimate of drug-likeness (QED) is 0.642. The Hall–Kier alpha value is -2.35. The van der Waals surface area contributed by atoms with Crippen LogP contribution in [-0.4, -0.2) is 68.1 Å². The summed E-state index contributed by atoms with van der Waals surface area (Å²) in [5, 5.41) is 0. The van der Waals surface area contributed by atoms with Crippen LogP contribution in [0.2, 0.25) is 0 Å². The molecule has 0 spiro atoms. The molecule has 1 saturated heterocycles. The van der Waals surface area contributed by atoms with E-state index in [1.165, 1.54) is 5.56 Å². The van der Waals surface area contributed by atoms with Crippen LogP contribution in [0.15, 0.2) is 36.7 Å². The first-order valence-corrected chi connectivity index (χ1v) is 10.2. The van der Waals surface area contributed by atoms with Crippen LogP contribution in [0, 0.1) is 0 Å². The molecule has 156 valence electrons. The molecule has 0 aliphatic carbocycles. The lowest BCUT2D eigenvalue weighted by Gasteiger charge is -2.28. The van der Waals surface area contributed by atoms with E-state index in [-0.39, 0.29) is 6.79 Å². The van der Waals surface area contributed by atoms with Crippen LogP contribution in [0.5, 0.6) is 17.2 Å². The summed E-state index contributed by atoms with van der Waals surface area (Å²) in [6, 6.07) is 8.22. The molecule has 0 atom stereocenters. The van der Waals surface area contributed by atoms with Gasteiger partial charge in [0, 0.05) is 45.1 Å². The molecule has 0 radical (unpaired) electrons. The summed E-state index contributed by atoms with van der Waals surface area (Å²) in [5.41, 5.74) is 2.37. The van der Waals surface area contributed by atoms with Gasteiger partial charge in [0.1, 0.15) is 0 Å². The predicted molar refractivity (Wildman–Crippen MR) is 109 cm³/mol. The molecule has 0 N–H and O–H groups in total. The minimum Gasteiger partial charge on any atom is -0.493 e. The summed E-state index contributed by atoms with van der Waals surface area (Å²) in [6.45, 7) is 7.75. The average molecular weight is 399 g/mol. The van der Waals surface area contributed by atoms with Crippen LogP contribution in [0.4, 0.5) is 0 Å². The van der Waals surface area contributed by atoms with Crippen molar-refractivity contribution < 1.29 is 18.9 Å². The van der Waals surface area contributed by atoms with Crippen molar-refractivity contribution in [3.63, 3.8) is 0 Å². The second kappa shape index (κ2) is 9.91. The summed E-state index contributed by atoms with van der Waals surface area (Å²) in [6.07, 6.45) is 4.87. The van der Waals surface area contributed by atoms with E-state index in [1.54, 1.807) is 7.11 Å². The lowest BCUT2D eigenvalue weighted by atomic mass is 10.1. The first-order valence-electron chi connectivity index (χ1n) is 10.2. The molecule has 2 aromatic rings. The van der Waals surface area contributed by atoms with E-state index in [1.807, 2.05) is 24.5 Å². The molecule has 1 aromatic carbocycles. The van der Waals surface area contributed by atoms with Crippen molar-refractivity contribution in [3.8, 4) is 17.2 Å². The Balaban J connectivity index is 1.43. The third-order valence-electron chi connectivity index (χ3n) is 5.31. The molecule has 1 aromatic heterocycles. The third kappa shape index (κ3) is 5.38. The number of ether oxygens (including phenoxy) is 4. The zero-order chi connectivity index (χ0) is 19.9. The number of methoxy groups -OCH3 is 1. The van der Waals surface area contributed by atoms with Gasteiger partial charge in [-0.1, -0.05) is 6.07 Å². The fourth-order valence-corrected chi connectivity index (χ4v) is 3.84. The lowest BCUT2D eigenvalue weighted by Crippen LogP contribution is -2.38. The summed E-state index contributed by atoms with van der Waals surface area (Å²) in [5.74, 6) is 2.18. The number of aromatic nitrogens is 1. The van der Waals surface area contributed by atoms with Gasteiger partial charge in [0.2, 0.25) is 12.5 Å². The van der Waals surface area contributed by atoms with Crippen LogP contribution >= 0.6 is 0 Å². The smallest absolute Gasteiger partial charge is 0.231 e. The van der Waals surface area contributed by atoms with Gasteiger partial charge in [-0.05, 0) is 42.3 Å². The van der Waals surface area contributed by atoms with E-state index < -0.39 is 0 Å². The maximum Gasteiger partial charge on any atom is 0.231 e. The van der Waals surface area contributed by atoms with Crippen molar-refractivity contribution in [3.05, 3.63) is 47.8 Å². The van der Waals surface area contributed by atoms with Gasteiger partial charge in [0.25, 0.3) is 0 Å². The standard InChI is InChI=1S/C22H29N3O4/c1-26-20-12-19(13-21-22(20)29-17-28-21)16-25(15-18-4-2-5-23-14-18)7-3-6-24-8-10-27-11-9-24/h2,4-5,12-14H,3,6-11,15-17H2,1H3. The fraction of sp³-hybridized carbons (Fsp3) is 0.500. The van der Waals surface area contributed by atoms with Gasteiger partial charge in [0.15, 0.2) is 11.5 Å². The highest BCUT2D eigenvalue weighted by Crippen LogP contribution is 2.42. The van der Waals surface area contributed by atoms with E-state index in [9.17, 15) is 0 Å². The van der Waals surface area contributed by atoms with E-state index >= 15 is 0 Å². The Labute approximate surface area is 172 Å². The summed E-state index contributed by atoms with van der Waals surface area (Å²) < 4.78 is 22.1. The first-order chi connectivity index (χ1) is 14.3. The Bertz CT molecular complexity index is 781. The first kappa shape index (κ1) is 19.9. The zero-order valence-corrected chi connectivity index (χ0v) is 17.0. The van der Waals surface area contributed by atoms with Gasteiger partial charge in [-0.3, -0.25) is 14.8 Å². The molecule has 29 heavy (non-hydrogen) atoms. The summed E-state index contributed by atoms with van der Waals surface area (Å²) in [7, 11) is 1.66. The van der Waals surface area contributed by atoms with Gasteiger partial charge in [-0.15, -0.1) is 0 Å². The molecule has 0 bridgehead atoms. The van der Waals surface area contributed by atoms with Crippen molar-refractivity contribution in [1.82, 2.24) is 14.8 Å². The Morgan fingerprint density at radius 1 is 1.14 bits per heavy atom. The van der Waals surface area contributed by atoms with Crippen molar-refractivity contribution in [2.24, 2.45) is 0 Å². The Morgan fingerprint density at radius 2 is 2.00 bits per heavy atom. The van der Waals surface area contributed by atoms with Crippen LogP contribution in [0.1, 0.15) is 17.5 Å². The molecule has 0 amide bonds. The molecule has 7 heteroatoms. The SMILES string of the molecule is COc1cc(CN(CCCN2CCOCC2)Cc2cccnc2)cc2c1OCO2. The van der Waals surface area contributed by atoms with Crippen molar-refractivity contribution >= 4 is 0 Å². The predicted octanol–water partition coefficient (Wildman–Crippen LogP) is 2.54. The minimum atomic E-state index is 0.244. The molecule has 0 unspecified atom stereocenters. The second-order valence-corrected chi connectivity index (χ2v) is 7.41. The fourth-order valence-electron chi connectivity index (χ4n) is 3.84. The molecule has 3 heterocycles. The maximum absolute atomic E-state index is 5.59. The Kier molecular flexibility index (Phi) is 6.82. The molecule has 2 aliphatic rings. The van der Waals surface area contributed by atoms with Crippen molar-refractivity contribution in [1.29, 1.82) is 0 Å². The average Bonchev–Trinajstić information content (AvgIpc) is 3.23. The van der Waals surface area contributed by atoms with Crippen molar-refractivity contribution in [2.75, 3.05) is 53.3 Å². The monoisotopic (exact) mass is 399 g/mol. The van der Waals surface area contributed by atoms with E-state index in [4.69, 9.17) is 18.9 Å². The zero-order valence-electron chi connectivity index (χ0n) is 17.0. The second-order valence-electron chi connectivity index (χ2n) is 7.41. The van der Waals surface area contributed by atoms with Crippen LogP contribution < -0.4 is 14.2 Å². The van der Waals surface area contributed by atoms with Crippen LogP contribution in [-0.2, 0) is 17.8 Å². The number of morpholine rings is 1. The number of rotatable bonds is 9. The molecule has 4 rings (SSSR count). The van der Waals surface area contributed by atoms with Crippen LogP contribution in [0.3, 0.4) is 0 Å². The lowest BCUT2D eigenvalue weighted by molar-refractivity contribution is 0.0359. The number of pyridine rings is 1. The van der Waals surface area contributed by atoms with E-state index in [0.717, 1.165) is 76.0 Å². The number of nitrogens with zero attached hydrogens (tertiary/aromatic N) is 3. The molecular weight excluding hydrogens is 370 g/mol. The van der Waals surface area contributed by atoms with Gasteiger partial charge in [-0.2, -0.15) is 0 Å². The normalized spacial score (nSPS) is 16.3. The third-order valence-corrected chi connectivity index (χ3v) is 5.31. The van der Waals surface area contributed by atoms with Gasteiger partial charge in [-0.25, -0.2) is 0 Å². The number of fused-ring (bicyclic) bond motifs is 1. The largest absolute Gasteiger partial charge is 0.493 e. The number of hydrogen-bond donors (Lipinski definition) is 0. The van der Waals surface area contributed by atoms with Gasteiger partial charge < -0.3 is 18.9 Å². The molecular formula is C22H29N3O4. The topological polar surface area (TPSA) is 56.3 Å². The minimum absolute atomic E-state index is 0.244. The molecule has 2 aliphatic heterocycles. The number of benzene rings is 1. The highest BCUT2D eigenvalue weighted by molar-refractivity contribution is 5.55. The highest BCUT2D eigenvalue weighted by Gasteiger charge is 2.21. The van der Waals surface area contributed by atoms with E-state index in [2.05, 4.69) is 26.9 Å². The molecule has 7 nitrogen and oxygen atoms in total. The van der Waals surface area contributed by atoms with Crippen LogP contribution in [0.25, 0.3) is 0 Å². The number of hydrogen-bond acceptors (Lipinski definition) is 7. The Morgan fingerprint density at radius 3 is 2.79 bits per heavy atom. The molecule has 0 saturated carbocycles. The summed E-state index contributed by atoms with van der Waals surface area (Å²) >= 11 is 0. The summed E-state index contributed by atoms with van der Waals surface area (Å²) in [4.78, 5) is 9.20. The van der Waals surface area contributed by atoms with Gasteiger partial charge in [0.05, 0.1) is 20.3 Å².